The van der Waals surface area contributed by atoms with Crippen molar-refractivity contribution >= 4 is 23.0 Å². The molecule has 2 rings (SSSR count). The number of hydrogen-bond acceptors (Lipinski definition) is 3. The van der Waals surface area contributed by atoms with E-state index in [1.165, 1.54) is 0 Å². The van der Waals surface area contributed by atoms with Crippen LogP contribution in [0.5, 0.6) is 11.5 Å². The molecule has 0 aliphatic rings. The molecule has 0 fully saturated rings. The maximum absolute atomic E-state index is 5.48. The standard InChI is InChI=1S/C17H20N2O2S/c1-3-21-16-9-4-6-13(10-16)12-18-17(22)19-14-7-5-8-15(11-14)20-2/h4-11H,3,12H2,1-2H3,(H2,18,19,22). The number of benzene rings is 2. The van der Waals surface area contributed by atoms with Gasteiger partial charge in [-0.1, -0.05) is 18.2 Å². The lowest BCUT2D eigenvalue weighted by molar-refractivity contribution is 0.340. The largest absolute Gasteiger partial charge is 0.497 e. The molecule has 22 heavy (non-hydrogen) atoms. The van der Waals surface area contributed by atoms with Gasteiger partial charge in [-0.05, 0) is 49.0 Å². The summed E-state index contributed by atoms with van der Waals surface area (Å²) in [4.78, 5) is 0. The number of thiocarbonyl (C=S) groups is 1. The van der Waals surface area contributed by atoms with Gasteiger partial charge in [-0.15, -0.1) is 0 Å². The average Bonchev–Trinajstić information content (AvgIpc) is 2.54. The zero-order valence-electron chi connectivity index (χ0n) is 12.8. The van der Waals surface area contributed by atoms with Crippen LogP contribution in [-0.4, -0.2) is 18.8 Å². The molecule has 116 valence electrons. The monoisotopic (exact) mass is 316 g/mol. The Bertz CT molecular complexity index is 632. The van der Waals surface area contributed by atoms with Crippen molar-refractivity contribution < 1.29 is 9.47 Å². The Morgan fingerprint density at radius 2 is 1.86 bits per heavy atom. The number of rotatable bonds is 6. The summed E-state index contributed by atoms with van der Waals surface area (Å²) >= 11 is 5.30. The van der Waals surface area contributed by atoms with Gasteiger partial charge in [-0.2, -0.15) is 0 Å². The zero-order valence-corrected chi connectivity index (χ0v) is 13.6. The highest BCUT2D eigenvalue weighted by Crippen LogP contribution is 2.17. The fraction of sp³-hybridized carbons (Fsp3) is 0.235. The summed E-state index contributed by atoms with van der Waals surface area (Å²) in [6.45, 7) is 3.27. The summed E-state index contributed by atoms with van der Waals surface area (Å²) in [5, 5.41) is 6.88. The highest BCUT2D eigenvalue weighted by molar-refractivity contribution is 7.80. The van der Waals surface area contributed by atoms with E-state index in [2.05, 4.69) is 10.6 Å². The summed E-state index contributed by atoms with van der Waals surface area (Å²) < 4.78 is 10.7. The van der Waals surface area contributed by atoms with E-state index < -0.39 is 0 Å². The van der Waals surface area contributed by atoms with E-state index in [9.17, 15) is 0 Å². The average molecular weight is 316 g/mol. The Morgan fingerprint density at radius 1 is 1.09 bits per heavy atom. The highest BCUT2D eigenvalue weighted by atomic mass is 32.1. The molecule has 0 aromatic heterocycles. The van der Waals surface area contributed by atoms with Crippen LogP contribution in [0, 0.1) is 0 Å². The van der Waals surface area contributed by atoms with Gasteiger partial charge in [-0.3, -0.25) is 0 Å². The summed E-state index contributed by atoms with van der Waals surface area (Å²) in [6.07, 6.45) is 0. The first-order valence-corrected chi connectivity index (χ1v) is 7.52. The molecule has 2 aromatic carbocycles. The molecule has 0 bridgehead atoms. The second-order valence-corrected chi connectivity index (χ2v) is 5.03. The van der Waals surface area contributed by atoms with E-state index in [1.807, 2.05) is 55.5 Å². The van der Waals surface area contributed by atoms with Gasteiger partial charge in [0, 0.05) is 18.3 Å². The molecule has 0 aliphatic heterocycles. The Morgan fingerprint density at radius 3 is 2.64 bits per heavy atom. The maximum atomic E-state index is 5.48. The third-order valence-corrected chi connectivity index (χ3v) is 3.24. The Labute approximate surface area is 136 Å². The topological polar surface area (TPSA) is 42.5 Å². The Kier molecular flexibility index (Phi) is 6.03. The fourth-order valence-electron chi connectivity index (χ4n) is 1.97. The van der Waals surface area contributed by atoms with Crippen molar-refractivity contribution in [1.29, 1.82) is 0 Å². The molecule has 0 saturated carbocycles. The van der Waals surface area contributed by atoms with E-state index in [4.69, 9.17) is 21.7 Å². The molecular weight excluding hydrogens is 296 g/mol. The first-order chi connectivity index (χ1) is 10.7. The lowest BCUT2D eigenvalue weighted by Gasteiger charge is -2.12. The lowest BCUT2D eigenvalue weighted by atomic mass is 10.2. The minimum absolute atomic E-state index is 0.565. The van der Waals surface area contributed by atoms with E-state index >= 15 is 0 Å². The zero-order chi connectivity index (χ0) is 15.8. The normalized spacial score (nSPS) is 9.91. The van der Waals surface area contributed by atoms with Crippen LogP contribution in [-0.2, 0) is 6.54 Å². The van der Waals surface area contributed by atoms with Crippen molar-refractivity contribution in [2.24, 2.45) is 0 Å². The first kappa shape index (κ1) is 16.1. The van der Waals surface area contributed by atoms with Gasteiger partial charge < -0.3 is 20.1 Å². The van der Waals surface area contributed by atoms with Crippen molar-refractivity contribution in [2.45, 2.75) is 13.5 Å². The second kappa shape index (κ2) is 8.24. The van der Waals surface area contributed by atoms with Crippen molar-refractivity contribution in [3.63, 3.8) is 0 Å². The lowest BCUT2D eigenvalue weighted by Crippen LogP contribution is -2.27. The predicted octanol–water partition coefficient (Wildman–Crippen LogP) is 3.58. The van der Waals surface area contributed by atoms with Gasteiger partial charge in [0.1, 0.15) is 11.5 Å². The van der Waals surface area contributed by atoms with Gasteiger partial charge in [0.2, 0.25) is 0 Å². The van der Waals surface area contributed by atoms with Gasteiger partial charge >= 0.3 is 0 Å². The minimum Gasteiger partial charge on any atom is -0.497 e. The van der Waals surface area contributed by atoms with E-state index in [1.54, 1.807) is 7.11 Å². The molecule has 0 amide bonds. The SMILES string of the molecule is CCOc1cccc(CNC(=S)Nc2cccc(OC)c2)c1. The third-order valence-electron chi connectivity index (χ3n) is 2.99. The van der Waals surface area contributed by atoms with Crippen LogP contribution in [0.1, 0.15) is 12.5 Å². The van der Waals surface area contributed by atoms with Crippen LogP contribution in [0.15, 0.2) is 48.5 Å². The van der Waals surface area contributed by atoms with Crippen molar-refractivity contribution in [3.05, 3.63) is 54.1 Å². The van der Waals surface area contributed by atoms with Gasteiger partial charge in [0.25, 0.3) is 0 Å². The number of ether oxygens (including phenoxy) is 2. The Hall–Kier alpha value is -2.27. The molecule has 0 spiro atoms. The van der Waals surface area contributed by atoms with E-state index in [0.717, 1.165) is 22.7 Å². The number of methoxy groups -OCH3 is 1. The number of hydrogen-bond donors (Lipinski definition) is 2. The minimum atomic E-state index is 0.565. The van der Waals surface area contributed by atoms with Gasteiger partial charge in [0.15, 0.2) is 5.11 Å². The quantitative estimate of drug-likeness (QED) is 0.797. The Balaban J connectivity index is 1.88. The summed E-state index contributed by atoms with van der Waals surface area (Å²) in [7, 11) is 1.64. The van der Waals surface area contributed by atoms with Crippen LogP contribution < -0.4 is 20.1 Å². The second-order valence-electron chi connectivity index (χ2n) is 4.62. The van der Waals surface area contributed by atoms with Crippen LogP contribution in [0.4, 0.5) is 5.69 Å². The van der Waals surface area contributed by atoms with Crippen molar-refractivity contribution in [3.8, 4) is 11.5 Å². The van der Waals surface area contributed by atoms with Crippen LogP contribution in [0.25, 0.3) is 0 Å². The van der Waals surface area contributed by atoms with E-state index in [0.29, 0.717) is 18.3 Å². The van der Waals surface area contributed by atoms with Crippen molar-refractivity contribution in [1.82, 2.24) is 5.32 Å². The van der Waals surface area contributed by atoms with Gasteiger partial charge in [0.05, 0.1) is 13.7 Å². The van der Waals surface area contributed by atoms with E-state index in [-0.39, 0.29) is 0 Å². The highest BCUT2D eigenvalue weighted by Gasteiger charge is 2.01. The molecule has 0 atom stereocenters. The molecule has 2 N–H and O–H groups in total. The summed E-state index contributed by atoms with van der Waals surface area (Å²) in [6, 6.07) is 15.6. The maximum Gasteiger partial charge on any atom is 0.171 e. The molecule has 0 radical (unpaired) electrons. The van der Waals surface area contributed by atoms with Gasteiger partial charge in [-0.25, -0.2) is 0 Å². The molecule has 5 heteroatoms. The molecule has 2 aromatic rings. The predicted molar refractivity (Wildman–Crippen MR) is 93.7 cm³/mol. The van der Waals surface area contributed by atoms with Crippen LogP contribution >= 0.6 is 12.2 Å². The van der Waals surface area contributed by atoms with Crippen LogP contribution in [0.3, 0.4) is 0 Å². The molecule has 0 heterocycles. The van der Waals surface area contributed by atoms with Crippen molar-refractivity contribution in [2.75, 3.05) is 19.0 Å². The molecule has 0 aliphatic carbocycles. The fourth-order valence-corrected chi connectivity index (χ4v) is 2.16. The summed E-state index contributed by atoms with van der Waals surface area (Å²) in [5.41, 5.74) is 2.00. The third kappa shape index (κ3) is 4.93. The first-order valence-electron chi connectivity index (χ1n) is 7.12. The molecule has 0 unspecified atom stereocenters. The van der Waals surface area contributed by atoms with Crippen LogP contribution in [0.2, 0.25) is 0 Å². The smallest absolute Gasteiger partial charge is 0.171 e. The number of anilines is 1. The number of nitrogens with one attached hydrogen (secondary N) is 2. The molecular formula is C17H20N2O2S. The molecule has 4 nitrogen and oxygen atoms in total. The summed E-state index contributed by atoms with van der Waals surface area (Å²) in [5.74, 6) is 1.66. The molecule has 0 saturated heterocycles.